The van der Waals surface area contributed by atoms with Crippen LogP contribution in [0.2, 0.25) is 0 Å². The van der Waals surface area contributed by atoms with Gasteiger partial charge in [0.15, 0.2) is 0 Å². The van der Waals surface area contributed by atoms with E-state index in [1.54, 1.807) is 13.0 Å². The fourth-order valence-corrected chi connectivity index (χ4v) is 3.97. The fourth-order valence-electron chi connectivity index (χ4n) is 2.82. The average molecular weight is 482 g/mol. The van der Waals surface area contributed by atoms with Crippen molar-refractivity contribution in [3.8, 4) is 5.75 Å². The maximum atomic E-state index is 12.6. The smallest absolute Gasteiger partial charge is 0.404 e. The molecule has 0 saturated heterocycles. The van der Waals surface area contributed by atoms with Crippen molar-refractivity contribution >= 4 is 27.5 Å². The van der Waals surface area contributed by atoms with E-state index in [1.807, 2.05) is 31.2 Å². The Morgan fingerprint density at radius 3 is 2.36 bits per heavy atom. The molecule has 0 bridgehead atoms. The summed E-state index contributed by atoms with van der Waals surface area (Å²) in [6, 6.07) is 14.0. The molecule has 3 aromatic rings. The van der Waals surface area contributed by atoms with Crippen LogP contribution in [0.25, 0.3) is 0 Å². The maximum absolute atomic E-state index is 12.6. The Morgan fingerprint density at radius 1 is 0.970 bits per heavy atom. The highest BCUT2D eigenvalue weighted by Gasteiger charge is 2.33. The van der Waals surface area contributed by atoms with Gasteiger partial charge in [-0.3, -0.25) is 0 Å². The predicted octanol–water partition coefficient (Wildman–Crippen LogP) is 4.13. The topological polar surface area (TPSA) is 105 Å². The Kier molecular flexibility index (Phi) is 7.39. The first-order valence-electron chi connectivity index (χ1n) is 9.79. The number of nitrogens with zero attached hydrogens (tertiary/aromatic N) is 2. The van der Waals surface area contributed by atoms with Gasteiger partial charge in [0.05, 0.1) is 0 Å². The van der Waals surface area contributed by atoms with E-state index < -0.39 is 27.0 Å². The van der Waals surface area contributed by atoms with Gasteiger partial charge in [0.1, 0.15) is 16.5 Å². The molecule has 0 aliphatic heterocycles. The lowest BCUT2D eigenvalue weighted by molar-refractivity contribution is -0.275. The van der Waals surface area contributed by atoms with Crippen LogP contribution in [0.3, 0.4) is 0 Å². The largest absolute Gasteiger partial charge is 0.573 e. The molecular formula is C21H22F3N5O3S. The Bertz CT molecular complexity index is 1200. The van der Waals surface area contributed by atoms with Crippen molar-refractivity contribution in [3.63, 3.8) is 0 Å². The number of ether oxygens (including phenoxy) is 1. The molecule has 0 fully saturated rings. The van der Waals surface area contributed by atoms with E-state index in [0.717, 1.165) is 23.4 Å². The van der Waals surface area contributed by atoms with Crippen LogP contribution in [-0.4, -0.2) is 37.8 Å². The van der Waals surface area contributed by atoms with Gasteiger partial charge < -0.3 is 15.4 Å². The van der Waals surface area contributed by atoms with Crippen LogP contribution in [-0.2, 0) is 10.0 Å². The number of aryl methyl sites for hydroxylation is 2. The van der Waals surface area contributed by atoms with Gasteiger partial charge in [-0.1, -0.05) is 29.8 Å². The summed E-state index contributed by atoms with van der Waals surface area (Å²) in [6.45, 7) is 3.74. The second-order valence-corrected chi connectivity index (χ2v) is 8.76. The number of alkyl halides is 3. The molecule has 0 unspecified atom stereocenters. The first-order chi connectivity index (χ1) is 15.5. The van der Waals surface area contributed by atoms with Gasteiger partial charge in [0.25, 0.3) is 0 Å². The molecule has 33 heavy (non-hydrogen) atoms. The first kappa shape index (κ1) is 24.3. The highest BCUT2D eigenvalue weighted by molar-refractivity contribution is 7.89. The third kappa shape index (κ3) is 7.32. The van der Waals surface area contributed by atoms with E-state index in [0.29, 0.717) is 11.5 Å². The van der Waals surface area contributed by atoms with Crippen molar-refractivity contribution in [1.29, 1.82) is 0 Å². The molecule has 0 amide bonds. The normalized spacial score (nSPS) is 11.8. The molecule has 1 aromatic heterocycles. The molecule has 1 heterocycles. The zero-order valence-electron chi connectivity index (χ0n) is 17.8. The number of sulfonamides is 1. The van der Waals surface area contributed by atoms with Crippen LogP contribution in [0.4, 0.5) is 30.6 Å². The minimum Gasteiger partial charge on any atom is -0.404 e. The highest BCUT2D eigenvalue weighted by Crippen LogP contribution is 2.29. The summed E-state index contributed by atoms with van der Waals surface area (Å²) in [5, 5.41) is 6.06. The lowest BCUT2D eigenvalue weighted by atomic mass is 10.2. The van der Waals surface area contributed by atoms with Crippen LogP contribution >= 0.6 is 0 Å². The number of nitrogens with one attached hydrogen (secondary N) is 3. The first-order valence-corrected chi connectivity index (χ1v) is 11.3. The number of halogens is 3. The van der Waals surface area contributed by atoms with Crippen LogP contribution in [0.1, 0.15) is 11.3 Å². The van der Waals surface area contributed by atoms with Gasteiger partial charge in [-0.05, 0) is 38.1 Å². The maximum Gasteiger partial charge on any atom is 0.573 e. The van der Waals surface area contributed by atoms with Crippen molar-refractivity contribution in [3.05, 3.63) is 65.9 Å². The SMILES string of the molecule is Cc1ccc(Nc2cc(C)nc(NCCNS(=O)(=O)c3ccccc3OC(F)(F)F)n2)cc1. The van der Waals surface area contributed by atoms with E-state index in [9.17, 15) is 21.6 Å². The second kappa shape index (κ2) is 10.0. The van der Waals surface area contributed by atoms with Crippen LogP contribution < -0.4 is 20.1 Å². The molecule has 0 spiro atoms. The van der Waals surface area contributed by atoms with E-state index in [2.05, 4.69) is 30.1 Å². The molecule has 12 heteroatoms. The molecule has 0 radical (unpaired) electrons. The summed E-state index contributed by atoms with van der Waals surface area (Å²) < 4.78 is 68.6. The number of para-hydroxylation sites is 1. The van der Waals surface area contributed by atoms with Crippen molar-refractivity contribution in [2.75, 3.05) is 23.7 Å². The summed E-state index contributed by atoms with van der Waals surface area (Å²) in [4.78, 5) is 7.98. The number of hydrogen-bond acceptors (Lipinski definition) is 7. The van der Waals surface area contributed by atoms with Gasteiger partial charge in [-0.2, -0.15) is 4.98 Å². The Balaban J connectivity index is 1.61. The number of hydrogen-bond donors (Lipinski definition) is 3. The zero-order valence-corrected chi connectivity index (χ0v) is 18.6. The molecule has 2 aromatic carbocycles. The van der Waals surface area contributed by atoms with E-state index in [4.69, 9.17) is 0 Å². The van der Waals surface area contributed by atoms with Crippen LogP contribution in [0.15, 0.2) is 59.5 Å². The number of anilines is 3. The third-order valence-corrected chi connectivity index (χ3v) is 5.74. The third-order valence-electron chi connectivity index (χ3n) is 4.24. The number of benzene rings is 2. The molecule has 8 nitrogen and oxygen atoms in total. The van der Waals surface area contributed by atoms with E-state index in [-0.39, 0.29) is 19.0 Å². The zero-order chi connectivity index (χ0) is 24.1. The molecule has 0 saturated carbocycles. The molecule has 0 aliphatic rings. The molecular weight excluding hydrogens is 459 g/mol. The minimum atomic E-state index is -5.01. The molecule has 0 aliphatic carbocycles. The summed E-state index contributed by atoms with van der Waals surface area (Å²) >= 11 is 0. The predicted molar refractivity (Wildman–Crippen MR) is 118 cm³/mol. The van der Waals surface area contributed by atoms with Crippen molar-refractivity contribution < 1.29 is 26.3 Å². The van der Waals surface area contributed by atoms with Gasteiger partial charge in [0, 0.05) is 30.5 Å². The standard InChI is InChI=1S/C21H22F3N5O3S/c1-14-7-9-16(10-8-14)28-19-13-15(2)27-20(29-19)25-11-12-26-33(30,31)18-6-4-3-5-17(18)32-21(22,23)24/h3-10,13,26H,11-12H2,1-2H3,(H2,25,27,28,29). The molecule has 0 atom stereocenters. The lowest BCUT2D eigenvalue weighted by Gasteiger charge is -2.14. The van der Waals surface area contributed by atoms with Crippen LogP contribution in [0.5, 0.6) is 5.75 Å². The Labute approximate surface area is 189 Å². The second-order valence-electron chi connectivity index (χ2n) is 7.03. The van der Waals surface area contributed by atoms with Crippen molar-refractivity contribution in [2.24, 2.45) is 0 Å². The van der Waals surface area contributed by atoms with Crippen molar-refractivity contribution in [1.82, 2.24) is 14.7 Å². The van der Waals surface area contributed by atoms with Crippen LogP contribution in [0, 0.1) is 13.8 Å². The van der Waals surface area contributed by atoms with Gasteiger partial charge in [-0.25, -0.2) is 18.1 Å². The highest BCUT2D eigenvalue weighted by atomic mass is 32.2. The summed E-state index contributed by atoms with van der Waals surface area (Å²) in [5.74, 6) is 0.0107. The molecule has 176 valence electrons. The summed E-state index contributed by atoms with van der Waals surface area (Å²) in [7, 11) is -4.25. The van der Waals surface area contributed by atoms with E-state index in [1.165, 1.54) is 12.1 Å². The number of rotatable bonds is 9. The molecule has 3 N–H and O–H groups in total. The summed E-state index contributed by atoms with van der Waals surface area (Å²) in [5.41, 5.74) is 2.65. The molecule has 3 rings (SSSR count). The lowest BCUT2D eigenvalue weighted by Crippen LogP contribution is -2.30. The quantitative estimate of drug-likeness (QED) is 0.395. The minimum absolute atomic E-state index is 0.0922. The average Bonchev–Trinajstić information content (AvgIpc) is 2.72. The Hall–Kier alpha value is -3.38. The Morgan fingerprint density at radius 2 is 1.67 bits per heavy atom. The monoisotopic (exact) mass is 481 g/mol. The number of aromatic nitrogens is 2. The summed E-state index contributed by atoms with van der Waals surface area (Å²) in [6.07, 6.45) is -5.01. The van der Waals surface area contributed by atoms with Gasteiger partial charge in [-0.15, -0.1) is 13.2 Å². The van der Waals surface area contributed by atoms with E-state index >= 15 is 0 Å². The van der Waals surface area contributed by atoms with Gasteiger partial charge >= 0.3 is 6.36 Å². The fraction of sp³-hybridized carbons (Fsp3) is 0.238. The van der Waals surface area contributed by atoms with Crippen molar-refractivity contribution in [2.45, 2.75) is 25.1 Å². The van der Waals surface area contributed by atoms with Gasteiger partial charge in [0.2, 0.25) is 16.0 Å².